The molecule has 1 fully saturated rings. The maximum absolute atomic E-state index is 11.5. The molecule has 3 N–H and O–H groups in total. The lowest BCUT2D eigenvalue weighted by Crippen LogP contribution is -2.52. The molecule has 1 atom stereocenters. The number of urea groups is 1. The van der Waals surface area contributed by atoms with E-state index < -0.39 is 12.0 Å². The second-order valence-electron chi connectivity index (χ2n) is 4.57. The predicted octanol–water partition coefficient (Wildman–Crippen LogP) is 1.34. The molecule has 0 unspecified atom stereocenters. The molecule has 0 aromatic heterocycles. The van der Waals surface area contributed by atoms with E-state index in [9.17, 15) is 9.59 Å². The van der Waals surface area contributed by atoms with Crippen LogP contribution in [0.4, 0.5) is 4.79 Å². The Kier molecular flexibility index (Phi) is 4.58. The number of aliphatic carboxylic acids is 1. The van der Waals surface area contributed by atoms with Crippen molar-refractivity contribution in [3.8, 4) is 0 Å². The molecule has 1 aliphatic rings. The monoisotopic (exact) mass is 228 g/mol. The smallest absolute Gasteiger partial charge is 0.326 e. The van der Waals surface area contributed by atoms with Crippen molar-refractivity contribution in [3.05, 3.63) is 0 Å². The number of carboxylic acids is 1. The number of carboxylic acid groups (broad SMARTS) is 1. The Bertz CT molecular complexity index is 262. The predicted molar refractivity (Wildman–Crippen MR) is 60.2 cm³/mol. The van der Waals surface area contributed by atoms with Gasteiger partial charge in [0, 0.05) is 6.04 Å². The van der Waals surface area contributed by atoms with Gasteiger partial charge in [-0.1, -0.05) is 20.3 Å². The molecule has 2 amide bonds. The molecule has 0 aromatic rings. The first-order valence-corrected chi connectivity index (χ1v) is 5.82. The molecule has 0 spiro atoms. The summed E-state index contributed by atoms with van der Waals surface area (Å²) < 4.78 is 0. The summed E-state index contributed by atoms with van der Waals surface area (Å²) in [6, 6.07) is -0.925. The van der Waals surface area contributed by atoms with Crippen molar-refractivity contribution in [1.82, 2.24) is 10.6 Å². The van der Waals surface area contributed by atoms with Crippen LogP contribution >= 0.6 is 0 Å². The maximum atomic E-state index is 11.5. The van der Waals surface area contributed by atoms with Crippen LogP contribution in [0.2, 0.25) is 0 Å². The molecule has 0 bridgehead atoms. The SMILES string of the molecule is CCC[C@@H](NC(=O)NC1CC(C)C1)C(=O)O. The minimum Gasteiger partial charge on any atom is -0.480 e. The maximum Gasteiger partial charge on any atom is 0.326 e. The van der Waals surface area contributed by atoms with E-state index in [0.29, 0.717) is 12.3 Å². The lowest BCUT2D eigenvalue weighted by atomic mass is 9.82. The van der Waals surface area contributed by atoms with Gasteiger partial charge in [-0.05, 0) is 25.2 Å². The first kappa shape index (κ1) is 12.8. The molecule has 5 heteroatoms. The van der Waals surface area contributed by atoms with Gasteiger partial charge in [0.15, 0.2) is 0 Å². The molecule has 0 radical (unpaired) electrons. The van der Waals surface area contributed by atoms with Gasteiger partial charge >= 0.3 is 12.0 Å². The Hall–Kier alpha value is -1.26. The average Bonchev–Trinajstić information content (AvgIpc) is 2.14. The first-order valence-electron chi connectivity index (χ1n) is 5.82. The quantitative estimate of drug-likeness (QED) is 0.664. The van der Waals surface area contributed by atoms with Crippen LogP contribution in [-0.4, -0.2) is 29.2 Å². The Morgan fingerprint density at radius 3 is 2.50 bits per heavy atom. The minimum absolute atomic E-state index is 0.214. The van der Waals surface area contributed by atoms with E-state index in [1.165, 1.54) is 0 Å². The van der Waals surface area contributed by atoms with E-state index in [2.05, 4.69) is 17.6 Å². The van der Waals surface area contributed by atoms with Crippen LogP contribution in [0.1, 0.15) is 39.5 Å². The van der Waals surface area contributed by atoms with Crippen LogP contribution in [0, 0.1) is 5.92 Å². The van der Waals surface area contributed by atoms with Gasteiger partial charge in [-0.15, -0.1) is 0 Å². The third-order valence-electron chi connectivity index (χ3n) is 2.89. The molecule has 0 heterocycles. The summed E-state index contributed by atoms with van der Waals surface area (Å²) >= 11 is 0. The van der Waals surface area contributed by atoms with E-state index in [-0.39, 0.29) is 12.1 Å². The number of nitrogens with one attached hydrogen (secondary N) is 2. The number of rotatable bonds is 5. The third kappa shape index (κ3) is 3.72. The fourth-order valence-electron chi connectivity index (χ4n) is 1.95. The fraction of sp³-hybridized carbons (Fsp3) is 0.818. The molecular weight excluding hydrogens is 208 g/mol. The van der Waals surface area contributed by atoms with E-state index in [1.807, 2.05) is 6.92 Å². The van der Waals surface area contributed by atoms with Crippen molar-refractivity contribution in [2.45, 2.75) is 51.6 Å². The molecule has 1 rings (SSSR count). The van der Waals surface area contributed by atoms with Gasteiger partial charge in [0.05, 0.1) is 0 Å². The van der Waals surface area contributed by atoms with E-state index in [4.69, 9.17) is 5.11 Å². The van der Waals surface area contributed by atoms with Gasteiger partial charge in [-0.2, -0.15) is 0 Å². The Morgan fingerprint density at radius 1 is 1.44 bits per heavy atom. The van der Waals surface area contributed by atoms with Gasteiger partial charge in [0.1, 0.15) is 6.04 Å². The normalized spacial score (nSPS) is 25.4. The lowest BCUT2D eigenvalue weighted by molar-refractivity contribution is -0.139. The third-order valence-corrected chi connectivity index (χ3v) is 2.89. The average molecular weight is 228 g/mol. The molecule has 0 aromatic carbocycles. The summed E-state index contributed by atoms with van der Waals surface area (Å²) in [7, 11) is 0. The first-order chi connectivity index (χ1) is 7.52. The summed E-state index contributed by atoms with van der Waals surface area (Å²) in [5.74, 6) is -0.310. The highest BCUT2D eigenvalue weighted by atomic mass is 16.4. The van der Waals surface area contributed by atoms with Crippen molar-refractivity contribution in [2.24, 2.45) is 5.92 Å². The largest absolute Gasteiger partial charge is 0.480 e. The molecule has 5 nitrogen and oxygen atoms in total. The Morgan fingerprint density at radius 2 is 2.06 bits per heavy atom. The number of carbonyl (C=O) groups excluding carboxylic acids is 1. The zero-order valence-corrected chi connectivity index (χ0v) is 9.82. The van der Waals surface area contributed by atoms with Crippen LogP contribution in [0.3, 0.4) is 0 Å². The van der Waals surface area contributed by atoms with E-state index in [0.717, 1.165) is 19.3 Å². The van der Waals surface area contributed by atoms with Gasteiger partial charge in [0.2, 0.25) is 0 Å². The van der Waals surface area contributed by atoms with Crippen LogP contribution in [0.15, 0.2) is 0 Å². The molecule has 1 saturated carbocycles. The van der Waals surface area contributed by atoms with Crippen molar-refractivity contribution in [2.75, 3.05) is 0 Å². The molecule has 92 valence electrons. The van der Waals surface area contributed by atoms with E-state index in [1.54, 1.807) is 0 Å². The van der Waals surface area contributed by atoms with Crippen LogP contribution < -0.4 is 10.6 Å². The Labute approximate surface area is 95.6 Å². The molecular formula is C11H20N2O3. The Balaban J connectivity index is 2.28. The summed E-state index contributed by atoms with van der Waals surface area (Å²) in [5.41, 5.74) is 0. The number of hydrogen-bond donors (Lipinski definition) is 3. The van der Waals surface area contributed by atoms with Gasteiger partial charge in [-0.3, -0.25) is 0 Å². The van der Waals surface area contributed by atoms with Crippen molar-refractivity contribution in [3.63, 3.8) is 0 Å². The van der Waals surface area contributed by atoms with Crippen molar-refractivity contribution >= 4 is 12.0 Å². The highest BCUT2D eigenvalue weighted by Gasteiger charge is 2.27. The number of carbonyl (C=O) groups is 2. The summed E-state index contributed by atoms with van der Waals surface area (Å²) in [5, 5.41) is 14.1. The van der Waals surface area contributed by atoms with E-state index >= 15 is 0 Å². The summed E-state index contributed by atoms with van der Waals surface area (Å²) in [6.07, 6.45) is 3.17. The lowest BCUT2D eigenvalue weighted by Gasteiger charge is -2.33. The summed E-state index contributed by atoms with van der Waals surface area (Å²) in [4.78, 5) is 22.3. The standard InChI is InChI=1S/C11H20N2O3/c1-3-4-9(10(14)15)13-11(16)12-8-5-7(2)6-8/h7-9H,3-6H2,1-2H3,(H,14,15)(H2,12,13,16)/t7?,8?,9-/m1/s1. The summed E-state index contributed by atoms with van der Waals surface area (Å²) in [6.45, 7) is 4.02. The molecule has 0 saturated heterocycles. The van der Waals surface area contributed by atoms with Crippen LogP contribution in [0.25, 0.3) is 0 Å². The molecule has 16 heavy (non-hydrogen) atoms. The fourth-order valence-corrected chi connectivity index (χ4v) is 1.95. The zero-order valence-electron chi connectivity index (χ0n) is 9.82. The van der Waals surface area contributed by atoms with Crippen LogP contribution in [-0.2, 0) is 4.79 Å². The van der Waals surface area contributed by atoms with Crippen LogP contribution in [0.5, 0.6) is 0 Å². The molecule has 0 aliphatic heterocycles. The second kappa shape index (κ2) is 5.72. The topological polar surface area (TPSA) is 78.4 Å². The molecule has 1 aliphatic carbocycles. The number of hydrogen-bond acceptors (Lipinski definition) is 2. The van der Waals surface area contributed by atoms with Gasteiger partial charge < -0.3 is 15.7 Å². The zero-order chi connectivity index (χ0) is 12.1. The van der Waals surface area contributed by atoms with Gasteiger partial charge in [-0.25, -0.2) is 9.59 Å². The van der Waals surface area contributed by atoms with Crippen molar-refractivity contribution < 1.29 is 14.7 Å². The highest BCUT2D eigenvalue weighted by molar-refractivity contribution is 5.82. The van der Waals surface area contributed by atoms with Gasteiger partial charge in [0.25, 0.3) is 0 Å². The second-order valence-corrected chi connectivity index (χ2v) is 4.57. The minimum atomic E-state index is -0.973. The van der Waals surface area contributed by atoms with Crippen molar-refractivity contribution in [1.29, 1.82) is 0 Å². The number of amides is 2. The highest BCUT2D eigenvalue weighted by Crippen LogP contribution is 2.25.